The van der Waals surface area contributed by atoms with Crippen molar-refractivity contribution in [3.8, 4) is 0 Å². The molecule has 0 aromatic rings. The summed E-state index contributed by atoms with van der Waals surface area (Å²) in [6.07, 6.45) is -3.22. The van der Waals surface area contributed by atoms with Gasteiger partial charge in [-0.2, -0.15) is 0 Å². The van der Waals surface area contributed by atoms with Gasteiger partial charge in [0, 0.05) is 6.54 Å². The standard InChI is InChI=1S/C11H18FNO5/c1-10(2,3)18-9(16)13-5-4-11(17,6-13)7(12)8(14)15/h7,17H,4-6H2,1-3H3,(H,14,15). The van der Waals surface area contributed by atoms with Gasteiger partial charge >= 0.3 is 12.1 Å². The minimum atomic E-state index is -2.41. The van der Waals surface area contributed by atoms with E-state index in [2.05, 4.69) is 0 Å². The number of nitrogens with zero attached hydrogens (tertiary/aromatic N) is 1. The lowest BCUT2D eigenvalue weighted by atomic mass is 9.97. The van der Waals surface area contributed by atoms with Crippen LogP contribution in [0.1, 0.15) is 27.2 Å². The van der Waals surface area contributed by atoms with Crippen LogP contribution in [-0.2, 0) is 9.53 Å². The first-order valence-electron chi connectivity index (χ1n) is 5.62. The molecule has 7 heteroatoms. The number of aliphatic carboxylic acids is 1. The largest absolute Gasteiger partial charge is 0.479 e. The molecule has 1 rings (SSSR count). The van der Waals surface area contributed by atoms with Crippen molar-refractivity contribution in [1.29, 1.82) is 0 Å². The van der Waals surface area contributed by atoms with Crippen LogP contribution in [-0.4, -0.2) is 57.6 Å². The molecule has 1 fully saturated rings. The zero-order valence-electron chi connectivity index (χ0n) is 10.6. The van der Waals surface area contributed by atoms with Gasteiger partial charge in [0.05, 0.1) is 6.54 Å². The number of carbonyl (C=O) groups is 2. The average molecular weight is 263 g/mol. The van der Waals surface area contributed by atoms with Crippen LogP contribution in [0.15, 0.2) is 0 Å². The Balaban J connectivity index is 2.66. The van der Waals surface area contributed by atoms with Gasteiger partial charge in [0.2, 0.25) is 6.17 Å². The summed E-state index contributed by atoms with van der Waals surface area (Å²) in [5.41, 5.74) is -2.73. The molecule has 1 aliphatic heterocycles. The third-order valence-corrected chi connectivity index (χ3v) is 2.62. The van der Waals surface area contributed by atoms with Gasteiger partial charge in [0.25, 0.3) is 0 Å². The summed E-state index contributed by atoms with van der Waals surface area (Å²) >= 11 is 0. The van der Waals surface area contributed by atoms with Gasteiger partial charge in [-0.25, -0.2) is 14.0 Å². The van der Waals surface area contributed by atoms with Crippen LogP contribution in [0.25, 0.3) is 0 Å². The first-order chi connectivity index (χ1) is 8.05. The minimum absolute atomic E-state index is 0.0686. The second-order valence-corrected chi connectivity index (χ2v) is 5.46. The average Bonchev–Trinajstić information content (AvgIpc) is 2.58. The van der Waals surface area contributed by atoms with E-state index < -0.39 is 29.4 Å². The number of ether oxygens (including phenoxy) is 1. The molecule has 0 radical (unpaired) electrons. The maximum Gasteiger partial charge on any atom is 0.410 e. The highest BCUT2D eigenvalue weighted by atomic mass is 19.1. The Morgan fingerprint density at radius 3 is 2.44 bits per heavy atom. The van der Waals surface area contributed by atoms with Crippen molar-refractivity contribution in [3.63, 3.8) is 0 Å². The number of hydrogen-bond donors (Lipinski definition) is 2. The molecule has 2 N–H and O–H groups in total. The lowest BCUT2D eigenvalue weighted by Crippen LogP contribution is -2.47. The van der Waals surface area contributed by atoms with E-state index >= 15 is 0 Å². The highest BCUT2D eigenvalue weighted by Gasteiger charge is 2.49. The molecule has 0 saturated carbocycles. The zero-order valence-corrected chi connectivity index (χ0v) is 10.6. The van der Waals surface area contributed by atoms with Crippen molar-refractivity contribution in [3.05, 3.63) is 0 Å². The predicted octanol–water partition coefficient (Wildman–Crippen LogP) is 0.781. The first kappa shape index (κ1) is 14.7. The molecule has 2 unspecified atom stereocenters. The predicted molar refractivity (Wildman–Crippen MR) is 59.9 cm³/mol. The molecule has 0 bridgehead atoms. The Hall–Kier alpha value is -1.37. The second kappa shape index (κ2) is 4.72. The molecule has 2 atom stereocenters. The van der Waals surface area contributed by atoms with Gasteiger partial charge in [0.1, 0.15) is 11.2 Å². The number of carboxylic acids is 1. The Bertz CT molecular complexity index is 354. The monoisotopic (exact) mass is 263 g/mol. The summed E-state index contributed by atoms with van der Waals surface area (Å²) in [4.78, 5) is 23.3. The van der Waals surface area contributed by atoms with Crippen LogP contribution < -0.4 is 0 Å². The molecule has 1 heterocycles. The third-order valence-electron chi connectivity index (χ3n) is 2.62. The molecule has 0 aliphatic carbocycles. The number of carbonyl (C=O) groups excluding carboxylic acids is 1. The van der Waals surface area contributed by atoms with E-state index in [1.165, 1.54) is 0 Å². The van der Waals surface area contributed by atoms with Gasteiger partial charge < -0.3 is 19.8 Å². The number of β-amino-alcohol motifs (C(OH)–C–C–N with tert-alkyl or cyclic N) is 1. The van der Waals surface area contributed by atoms with E-state index in [1.54, 1.807) is 20.8 Å². The molecule has 6 nitrogen and oxygen atoms in total. The number of carboxylic acid groups (broad SMARTS) is 1. The quantitative estimate of drug-likeness (QED) is 0.768. The Morgan fingerprint density at radius 1 is 1.44 bits per heavy atom. The Labute approximate surface area is 104 Å². The normalized spacial score (nSPS) is 25.9. The SMILES string of the molecule is CC(C)(C)OC(=O)N1CCC(O)(C(F)C(=O)O)C1. The summed E-state index contributed by atoms with van der Waals surface area (Å²) in [5, 5.41) is 18.4. The van der Waals surface area contributed by atoms with E-state index in [9.17, 15) is 19.1 Å². The number of aliphatic hydroxyl groups is 1. The number of rotatable bonds is 2. The molecule has 18 heavy (non-hydrogen) atoms. The fourth-order valence-electron chi connectivity index (χ4n) is 1.74. The van der Waals surface area contributed by atoms with Crippen molar-refractivity contribution in [2.24, 2.45) is 0 Å². The fraction of sp³-hybridized carbons (Fsp3) is 0.818. The highest BCUT2D eigenvalue weighted by molar-refractivity contribution is 5.75. The molecule has 104 valence electrons. The Kier molecular flexibility index (Phi) is 3.85. The third kappa shape index (κ3) is 3.32. The maximum absolute atomic E-state index is 13.4. The van der Waals surface area contributed by atoms with Crippen LogP contribution in [0.4, 0.5) is 9.18 Å². The van der Waals surface area contributed by atoms with Crippen molar-refractivity contribution in [2.75, 3.05) is 13.1 Å². The van der Waals surface area contributed by atoms with Crippen molar-refractivity contribution >= 4 is 12.1 Å². The topological polar surface area (TPSA) is 87.1 Å². The van der Waals surface area contributed by atoms with E-state index in [0.29, 0.717) is 0 Å². The Morgan fingerprint density at radius 2 is 2.00 bits per heavy atom. The summed E-state index contributed by atoms with van der Waals surface area (Å²) in [7, 11) is 0. The molecule has 0 aromatic heterocycles. The van der Waals surface area contributed by atoms with Crippen LogP contribution in [0.2, 0.25) is 0 Å². The molecule has 1 aliphatic rings. The van der Waals surface area contributed by atoms with Gasteiger partial charge in [0.15, 0.2) is 0 Å². The number of amides is 1. The van der Waals surface area contributed by atoms with Crippen molar-refractivity contribution < 1.29 is 28.9 Å². The zero-order chi connectivity index (χ0) is 14.1. The summed E-state index contributed by atoms with van der Waals surface area (Å²) in [6.45, 7) is 4.74. The molecular weight excluding hydrogens is 245 g/mol. The van der Waals surface area contributed by atoms with E-state index in [-0.39, 0.29) is 19.5 Å². The van der Waals surface area contributed by atoms with Gasteiger partial charge in [-0.15, -0.1) is 0 Å². The molecule has 0 spiro atoms. The van der Waals surface area contributed by atoms with Crippen LogP contribution >= 0.6 is 0 Å². The summed E-state index contributed by atoms with van der Waals surface area (Å²) < 4.78 is 18.4. The lowest BCUT2D eigenvalue weighted by Gasteiger charge is -2.26. The smallest absolute Gasteiger partial charge is 0.410 e. The highest BCUT2D eigenvalue weighted by Crippen LogP contribution is 2.28. The number of likely N-dealkylation sites (tertiary alicyclic amines) is 1. The maximum atomic E-state index is 13.4. The van der Waals surface area contributed by atoms with Crippen molar-refractivity contribution in [2.45, 2.75) is 44.6 Å². The molecule has 1 saturated heterocycles. The van der Waals surface area contributed by atoms with E-state index in [4.69, 9.17) is 9.84 Å². The second-order valence-electron chi connectivity index (χ2n) is 5.46. The minimum Gasteiger partial charge on any atom is -0.479 e. The molecule has 1 amide bonds. The van der Waals surface area contributed by atoms with Crippen LogP contribution in [0, 0.1) is 0 Å². The first-order valence-corrected chi connectivity index (χ1v) is 5.62. The summed E-state index contributed by atoms with van der Waals surface area (Å²) in [6, 6.07) is 0. The van der Waals surface area contributed by atoms with E-state index in [0.717, 1.165) is 4.90 Å². The van der Waals surface area contributed by atoms with Gasteiger partial charge in [-0.3, -0.25) is 0 Å². The van der Waals surface area contributed by atoms with E-state index in [1.807, 2.05) is 0 Å². The molecule has 0 aromatic carbocycles. The number of hydrogen-bond acceptors (Lipinski definition) is 4. The van der Waals surface area contributed by atoms with Crippen LogP contribution in [0.5, 0.6) is 0 Å². The van der Waals surface area contributed by atoms with Crippen LogP contribution in [0.3, 0.4) is 0 Å². The van der Waals surface area contributed by atoms with Crippen molar-refractivity contribution in [1.82, 2.24) is 4.90 Å². The molecular formula is C11H18FNO5. The van der Waals surface area contributed by atoms with Gasteiger partial charge in [-0.05, 0) is 27.2 Å². The number of halogens is 1. The number of alkyl halides is 1. The lowest BCUT2D eigenvalue weighted by molar-refractivity contribution is -0.153. The van der Waals surface area contributed by atoms with Gasteiger partial charge in [-0.1, -0.05) is 0 Å². The fourth-order valence-corrected chi connectivity index (χ4v) is 1.74. The summed E-state index contributed by atoms with van der Waals surface area (Å²) in [5.74, 6) is -1.73.